The van der Waals surface area contributed by atoms with Gasteiger partial charge in [-0.05, 0) is 41.6 Å². The predicted molar refractivity (Wildman–Crippen MR) is 91.7 cm³/mol. The van der Waals surface area contributed by atoms with Crippen LogP contribution in [0.25, 0.3) is 22.2 Å². The fourth-order valence-corrected chi connectivity index (χ4v) is 3.63. The van der Waals surface area contributed by atoms with Crippen molar-refractivity contribution in [2.45, 2.75) is 19.3 Å². The number of fused-ring (bicyclic) bond motifs is 1. The van der Waals surface area contributed by atoms with E-state index in [4.69, 9.17) is 16.3 Å². The van der Waals surface area contributed by atoms with Crippen LogP contribution in [0.2, 0.25) is 5.02 Å². The fourth-order valence-electron chi connectivity index (χ4n) is 2.81. The number of aromatic amines is 1. The minimum absolute atomic E-state index is 0.222. The Balaban J connectivity index is 2.30. The van der Waals surface area contributed by atoms with Crippen LogP contribution in [0.4, 0.5) is 0 Å². The minimum Gasteiger partial charge on any atom is -0.469 e. The molecule has 1 unspecified atom stereocenters. The van der Waals surface area contributed by atoms with Gasteiger partial charge in [-0.3, -0.25) is 4.79 Å². The Bertz CT molecular complexity index is 808. The lowest BCUT2D eigenvalue weighted by Crippen LogP contribution is -2.14. The molecule has 3 aromatic rings. The molecule has 2 aromatic heterocycles. The molecule has 2 heterocycles. The van der Waals surface area contributed by atoms with Crippen LogP contribution in [0.3, 0.4) is 0 Å². The molecule has 0 aliphatic heterocycles. The second kappa shape index (κ2) is 6.15. The summed E-state index contributed by atoms with van der Waals surface area (Å²) in [6, 6.07) is 7.75. The molecule has 0 aliphatic carbocycles. The number of hydrogen-bond donors (Lipinski definition) is 1. The molecule has 5 heteroatoms. The van der Waals surface area contributed by atoms with Crippen molar-refractivity contribution < 1.29 is 9.53 Å². The number of ether oxygens (including phenoxy) is 1. The number of thiophene rings is 1. The van der Waals surface area contributed by atoms with Crippen molar-refractivity contribution in [3.63, 3.8) is 0 Å². The number of carbonyl (C=O) groups is 1. The smallest absolute Gasteiger partial charge is 0.313 e. The zero-order chi connectivity index (χ0) is 15.7. The Morgan fingerprint density at radius 3 is 2.86 bits per heavy atom. The van der Waals surface area contributed by atoms with E-state index in [9.17, 15) is 4.79 Å². The number of hydrogen-bond acceptors (Lipinski definition) is 3. The topological polar surface area (TPSA) is 42.1 Å². The van der Waals surface area contributed by atoms with Crippen LogP contribution < -0.4 is 0 Å². The lowest BCUT2D eigenvalue weighted by atomic mass is 9.92. The fraction of sp³-hybridized carbons (Fsp3) is 0.235. The molecule has 1 aromatic carbocycles. The Kier molecular flexibility index (Phi) is 4.23. The highest BCUT2D eigenvalue weighted by Crippen LogP contribution is 2.39. The summed E-state index contributed by atoms with van der Waals surface area (Å²) in [7, 11) is 1.43. The zero-order valence-corrected chi connectivity index (χ0v) is 13.9. The van der Waals surface area contributed by atoms with E-state index in [0.29, 0.717) is 11.4 Å². The van der Waals surface area contributed by atoms with Crippen LogP contribution in [0.15, 0.2) is 35.0 Å². The third-order valence-corrected chi connectivity index (χ3v) is 4.77. The van der Waals surface area contributed by atoms with Gasteiger partial charge in [-0.2, -0.15) is 11.3 Å². The van der Waals surface area contributed by atoms with Crippen LogP contribution in [0.5, 0.6) is 0 Å². The van der Waals surface area contributed by atoms with Gasteiger partial charge in [0.15, 0.2) is 0 Å². The molecule has 3 rings (SSSR count). The summed E-state index contributed by atoms with van der Waals surface area (Å²) < 4.78 is 5.00. The molecule has 1 atom stereocenters. The highest BCUT2D eigenvalue weighted by atomic mass is 35.5. The molecule has 0 saturated heterocycles. The molecule has 0 spiro atoms. The summed E-state index contributed by atoms with van der Waals surface area (Å²) in [6.45, 7) is 1.99. The van der Waals surface area contributed by atoms with Gasteiger partial charge in [0.25, 0.3) is 0 Å². The number of H-pyrrole nitrogens is 1. The van der Waals surface area contributed by atoms with Crippen molar-refractivity contribution in [3.05, 3.63) is 45.6 Å². The van der Waals surface area contributed by atoms with Crippen molar-refractivity contribution in [2.24, 2.45) is 0 Å². The molecule has 0 aliphatic rings. The Morgan fingerprint density at radius 1 is 1.41 bits per heavy atom. The maximum absolute atomic E-state index is 12.2. The summed E-state index contributed by atoms with van der Waals surface area (Å²) in [5, 5.41) is 5.73. The summed E-state index contributed by atoms with van der Waals surface area (Å²) >= 11 is 7.79. The van der Waals surface area contributed by atoms with Gasteiger partial charge in [0.2, 0.25) is 0 Å². The number of carbonyl (C=O) groups excluding carboxylic acids is 1. The molecular weight excluding hydrogens is 318 g/mol. The van der Waals surface area contributed by atoms with Gasteiger partial charge < -0.3 is 9.72 Å². The molecule has 0 saturated carbocycles. The monoisotopic (exact) mass is 333 g/mol. The summed E-state index contributed by atoms with van der Waals surface area (Å²) in [5.74, 6) is -0.535. The van der Waals surface area contributed by atoms with Gasteiger partial charge >= 0.3 is 5.97 Å². The van der Waals surface area contributed by atoms with Crippen molar-refractivity contribution in [3.8, 4) is 11.3 Å². The average molecular weight is 334 g/mol. The van der Waals surface area contributed by atoms with E-state index >= 15 is 0 Å². The SMILES string of the molecule is CCC(C(=O)OC)c1c(-c2ccsc2)[nH]c2ccc(Cl)cc12. The van der Waals surface area contributed by atoms with Crippen LogP contribution in [0.1, 0.15) is 24.8 Å². The molecular formula is C17H16ClNO2S. The first-order chi connectivity index (χ1) is 10.7. The first-order valence-corrected chi connectivity index (χ1v) is 8.39. The van der Waals surface area contributed by atoms with E-state index in [2.05, 4.69) is 10.4 Å². The van der Waals surface area contributed by atoms with Crippen LogP contribution in [-0.2, 0) is 9.53 Å². The van der Waals surface area contributed by atoms with Gasteiger partial charge in [0.05, 0.1) is 18.7 Å². The number of benzene rings is 1. The van der Waals surface area contributed by atoms with Crippen molar-refractivity contribution in [2.75, 3.05) is 7.11 Å². The highest BCUT2D eigenvalue weighted by molar-refractivity contribution is 7.08. The highest BCUT2D eigenvalue weighted by Gasteiger charge is 2.27. The zero-order valence-electron chi connectivity index (χ0n) is 12.4. The summed E-state index contributed by atoms with van der Waals surface area (Å²) in [4.78, 5) is 15.7. The molecule has 22 heavy (non-hydrogen) atoms. The largest absolute Gasteiger partial charge is 0.469 e. The number of esters is 1. The predicted octanol–water partition coefficient (Wildman–Crippen LogP) is 5.22. The second-order valence-corrected chi connectivity index (χ2v) is 6.32. The lowest BCUT2D eigenvalue weighted by Gasteiger charge is -2.14. The van der Waals surface area contributed by atoms with Gasteiger partial charge in [-0.1, -0.05) is 18.5 Å². The molecule has 0 fully saturated rings. The molecule has 0 amide bonds. The lowest BCUT2D eigenvalue weighted by molar-refractivity contribution is -0.142. The van der Waals surface area contributed by atoms with Crippen molar-refractivity contribution >= 4 is 39.8 Å². The minimum atomic E-state index is -0.313. The van der Waals surface area contributed by atoms with E-state index in [1.54, 1.807) is 11.3 Å². The van der Waals surface area contributed by atoms with Gasteiger partial charge in [0.1, 0.15) is 0 Å². The maximum Gasteiger partial charge on any atom is 0.313 e. The van der Waals surface area contributed by atoms with E-state index < -0.39 is 0 Å². The van der Waals surface area contributed by atoms with E-state index in [0.717, 1.165) is 27.7 Å². The Hall–Kier alpha value is -1.78. The maximum atomic E-state index is 12.2. The standard InChI is InChI=1S/C17H16ClNO2S/c1-3-12(17(20)21-2)15-13-8-11(18)4-5-14(13)19-16(15)10-6-7-22-9-10/h4-9,12,19H,3H2,1-2H3. The van der Waals surface area contributed by atoms with Gasteiger partial charge in [-0.25, -0.2) is 0 Å². The third-order valence-electron chi connectivity index (χ3n) is 3.85. The first-order valence-electron chi connectivity index (χ1n) is 7.07. The number of methoxy groups -OCH3 is 1. The van der Waals surface area contributed by atoms with E-state index in [-0.39, 0.29) is 11.9 Å². The molecule has 0 radical (unpaired) electrons. The van der Waals surface area contributed by atoms with Gasteiger partial charge in [-0.15, -0.1) is 0 Å². The number of nitrogens with one attached hydrogen (secondary N) is 1. The van der Waals surface area contributed by atoms with E-state index in [1.807, 2.05) is 36.6 Å². The van der Waals surface area contributed by atoms with Gasteiger partial charge in [0, 0.05) is 26.9 Å². The summed E-state index contributed by atoms with van der Waals surface area (Å²) in [6.07, 6.45) is 0.670. The molecule has 114 valence electrons. The van der Waals surface area contributed by atoms with Crippen LogP contribution >= 0.6 is 22.9 Å². The Labute approximate surface area is 137 Å². The normalized spacial score (nSPS) is 12.5. The average Bonchev–Trinajstić information content (AvgIpc) is 3.15. The Morgan fingerprint density at radius 2 is 2.23 bits per heavy atom. The quantitative estimate of drug-likeness (QED) is 0.665. The van der Waals surface area contributed by atoms with Crippen molar-refractivity contribution in [1.82, 2.24) is 4.98 Å². The second-order valence-electron chi connectivity index (χ2n) is 5.10. The van der Waals surface area contributed by atoms with Crippen LogP contribution in [0, 0.1) is 0 Å². The molecule has 1 N–H and O–H groups in total. The summed E-state index contributed by atoms with van der Waals surface area (Å²) in [5.41, 5.74) is 3.98. The van der Waals surface area contributed by atoms with E-state index in [1.165, 1.54) is 7.11 Å². The van der Waals surface area contributed by atoms with Crippen LogP contribution in [-0.4, -0.2) is 18.1 Å². The number of aromatic nitrogens is 1. The molecule has 3 nitrogen and oxygen atoms in total. The van der Waals surface area contributed by atoms with Crippen molar-refractivity contribution in [1.29, 1.82) is 0 Å². The number of halogens is 1. The first kappa shape index (κ1) is 15.1. The number of rotatable bonds is 4. The third kappa shape index (κ3) is 2.53. The molecule has 0 bridgehead atoms.